The van der Waals surface area contributed by atoms with Gasteiger partial charge in [0.05, 0.1) is 16.5 Å². The molecule has 6 nitrogen and oxygen atoms in total. The zero-order chi connectivity index (χ0) is 19.9. The lowest BCUT2D eigenvalue weighted by molar-refractivity contribution is -0.115. The molecule has 0 bridgehead atoms. The lowest BCUT2D eigenvalue weighted by Crippen LogP contribution is -2.22. The Hall–Kier alpha value is -2.96. The van der Waals surface area contributed by atoms with E-state index in [9.17, 15) is 9.18 Å². The second-order valence-electron chi connectivity index (χ2n) is 5.76. The molecule has 0 aliphatic rings. The summed E-state index contributed by atoms with van der Waals surface area (Å²) in [6.07, 6.45) is 0. The molecule has 3 rings (SSSR count). The molecule has 1 amide bonds. The first-order valence-electron chi connectivity index (χ1n) is 8.33. The molecule has 0 aliphatic heterocycles. The quantitative estimate of drug-likeness (QED) is 0.562. The van der Waals surface area contributed by atoms with Gasteiger partial charge in [0.15, 0.2) is 4.34 Å². The summed E-state index contributed by atoms with van der Waals surface area (Å²) in [6, 6.07) is 15.1. The molecule has 1 aromatic heterocycles. The van der Waals surface area contributed by atoms with Crippen LogP contribution in [0.25, 0.3) is 0 Å². The first-order chi connectivity index (χ1) is 13.5. The monoisotopic (exact) mass is 413 g/mol. The minimum Gasteiger partial charge on any atom is -0.356 e. The summed E-state index contributed by atoms with van der Waals surface area (Å²) in [5.74, 6) is -0.494. The number of nitrogens with one attached hydrogen (secondary N) is 2. The van der Waals surface area contributed by atoms with E-state index in [0.29, 0.717) is 27.3 Å². The van der Waals surface area contributed by atoms with Crippen LogP contribution < -0.4 is 10.6 Å². The Morgan fingerprint density at radius 3 is 2.75 bits per heavy atom. The number of amides is 1. The molecule has 0 saturated carbocycles. The molecule has 0 radical (unpaired) electrons. The zero-order valence-corrected chi connectivity index (χ0v) is 16.5. The standard InChI is InChI=1S/C19H16FN5OS2/c1-12(17(26)23-16-5-3-2-4-14(16)10-21)27-19-25-24-18(28-19)22-11-13-6-8-15(20)9-7-13/h2-9,12H,11H2,1H3,(H,22,24)(H,23,26). The van der Waals surface area contributed by atoms with E-state index in [-0.39, 0.29) is 11.7 Å². The molecule has 2 aromatic carbocycles. The van der Waals surface area contributed by atoms with Crippen LogP contribution in [0.2, 0.25) is 0 Å². The Morgan fingerprint density at radius 1 is 1.25 bits per heavy atom. The summed E-state index contributed by atoms with van der Waals surface area (Å²) >= 11 is 2.63. The number of carbonyl (C=O) groups excluding carboxylic acids is 1. The minimum atomic E-state index is -0.412. The van der Waals surface area contributed by atoms with Crippen molar-refractivity contribution in [1.29, 1.82) is 5.26 Å². The fraction of sp³-hybridized carbons (Fsp3) is 0.158. The number of thioether (sulfide) groups is 1. The van der Waals surface area contributed by atoms with Crippen LogP contribution in [0.3, 0.4) is 0 Å². The molecule has 3 aromatic rings. The molecule has 142 valence electrons. The molecule has 1 atom stereocenters. The van der Waals surface area contributed by atoms with Crippen molar-refractivity contribution in [2.24, 2.45) is 0 Å². The van der Waals surface area contributed by atoms with Crippen LogP contribution in [0.5, 0.6) is 0 Å². The Kier molecular flexibility index (Phi) is 6.57. The van der Waals surface area contributed by atoms with Gasteiger partial charge in [0.25, 0.3) is 0 Å². The molecule has 0 fully saturated rings. The number of para-hydroxylation sites is 1. The Bertz CT molecular complexity index is 1000. The van der Waals surface area contributed by atoms with Crippen molar-refractivity contribution in [1.82, 2.24) is 10.2 Å². The van der Waals surface area contributed by atoms with Gasteiger partial charge in [-0.15, -0.1) is 10.2 Å². The van der Waals surface area contributed by atoms with Crippen molar-refractivity contribution < 1.29 is 9.18 Å². The molecule has 28 heavy (non-hydrogen) atoms. The van der Waals surface area contributed by atoms with E-state index in [1.807, 2.05) is 0 Å². The average Bonchev–Trinajstić information content (AvgIpc) is 3.15. The molecule has 0 spiro atoms. The van der Waals surface area contributed by atoms with Crippen LogP contribution in [-0.2, 0) is 11.3 Å². The second kappa shape index (κ2) is 9.30. The highest BCUT2D eigenvalue weighted by Gasteiger charge is 2.18. The van der Waals surface area contributed by atoms with Gasteiger partial charge in [0, 0.05) is 6.54 Å². The van der Waals surface area contributed by atoms with Crippen LogP contribution in [0.1, 0.15) is 18.1 Å². The maximum Gasteiger partial charge on any atom is 0.237 e. The number of carbonyl (C=O) groups is 1. The van der Waals surface area contributed by atoms with Gasteiger partial charge in [0.2, 0.25) is 11.0 Å². The van der Waals surface area contributed by atoms with E-state index in [4.69, 9.17) is 5.26 Å². The van der Waals surface area contributed by atoms with Gasteiger partial charge in [-0.25, -0.2) is 4.39 Å². The van der Waals surface area contributed by atoms with E-state index in [0.717, 1.165) is 5.56 Å². The molecule has 9 heteroatoms. The first-order valence-corrected chi connectivity index (χ1v) is 10.0. The second-order valence-corrected chi connectivity index (χ2v) is 8.33. The van der Waals surface area contributed by atoms with E-state index < -0.39 is 5.25 Å². The van der Waals surface area contributed by atoms with Gasteiger partial charge < -0.3 is 10.6 Å². The van der Waals surface area contributed by atoms with Crippen molar-refractivity contribution in [3.8, 4) is 6.07 Å². The SMILES string of the molecule is CC(Sc1nnc(NCc2ccc(F)cc2)s1)C(=O)Nc1ccccc1C#N. The lowest BCUT2D eigenvalue weighted by atomic mass is 10.2. The molecule has 0 aliphatic carbocycles. The van der Waals surface area contributed by atoms with Crippen molar-refractivity contribution in [3.63, 3.8) is 0 Å². The Labute approximate surface area is 169 Å². The number of halogens is 1. The number of benzene rings is 2. The molecule has 1 unspecified atom stereocenters. The number of nitrogens with zero attached hydrogens (tertiary/aromatic N) is 3. The summed E-state index contributed by atoms with van der Waals surface area (Å²) < 4.78 is 13.6. The summed E-state index contributed by atoms with van der Waals surface area (Å²) in [7, 11) is 0. The van der Waals surface area contributed by atoms with Gasteiger partial charge in [-0.1, -0.05) is 47.4 Å². The maximum absolute atomic E-state index is 12.9. The Balaban J connectivity index is 1.54. The van der Waals surface area contributed by atoms with Crippen LogP contribution in [-0.4, -0.2) is 21.4 Å². The van der Waals surface area contributed by atoms with Crippen molar-refractivity contribution in [3.05, 3.63) is 65.5 Å². The van der Waals surface area contributed by atoms with Gasteiger partial charge in [-0.2, -0.15) is 5.26 Å². The van der Waals surface area contributed by atoms with Crippen molar-refractivity contribution in [2.45, 2.75) is 23.1 Å². The number of rotatable bonds is 7. The highest BCUT2D eigenvalue weighted by molar-refractivity contribution is 8.02. The summed E-state index contributed by atoms with van der Waals surface area (Å²) in [6.45, 7) is 2.27. The average molecular weight is 414 g/mol. The molecule has 0 saturated heterocycles. The third kappa shape index (κ3) is 5.28. The van der Waals surface area contributed by atoms with Gasteiger partial charge >= 0.3 is 0 Å². The number of nitriles is 1. The molecular weight excluding hydrogens is 397 g/mol. The molecule has 1 heterocycles. The van der Waals surface area contributed by atoms with Crippen LogP contribution in [0.4, 0.5) is 15.2 Å². The highest BCUT2D eigenvalue weighted by Crippen LogP contribution is 2.30. The minimum absolute atomic E-state index is 0.219. The van der Waals surface area contributed by atoms with Crippen molar-refractivity contribution in [2.75, 3.05) is 10.6 Å². The molecular formula is C19H16FN5OS2. The highest BCUT2D eigenvalue weighted by atomic mass is 32.2. The zero-order valence-electron chi connectivity index (χ0n) is 14.8. The summed E-state index contributed by atoms with van der Waals surface area (Å²) in [4.78, 5) is 12.4. The normalized spacial score (nSPS) is 11.5. The van der Waals surface area contributed by atoms with Gasteiger partial charge in [0.1, 0.15) is 11.9 Å². The van der Waals surface area contributed by atoms with Crippen molar-refractivity contribution >= 4 is 39.8 Å². The van der Waals surface area contributed by atoms with Crippen LogP contribution in [0.15, 0.2) is 52.9 Å². The van der Waals surface area contributed by atoms with Crippen LogP contribution >= 0.6 is 23.1 Å². The fourth-order valence-corrected chi connectivity index (χ4v) is 4.13. The summed E-state index contributed by atoms with van der Waals surface area (Å²) in [5.41, 5.74) is 1.83. The smallest absolute Gasteiger partial charge is 0.237 e. The predicted molar refractivity (Wildman–Crippen MR) is 109 cm³/mol. The van der Waals surface area contributed by atoms with E-state index >= 15 is 0 Å². The fourth-order valence-electron chi connectivity index (χ4n) is 2.24. The van der Waals surface area contributed by atoms with E-state index in [1.165, 1.54) is 35.2 Å². The topological polar surface area (TPSA) is 90.7 Å². The lowest BCUT2D eigenvalue weighted by Gasteiger charge is -2.11. The Morgan fingerprint density at radius 2 is 2.00 bits per heavy atom. The third-order valence-corrected chi connectivity index (χ3v) is 5.78. The van der Waals surface area contributed by atoms with Gasteiger partial charge in [-0.05, 0) is 36.8 Å². The van der Waals surface area contributed by atoms with E-state index in [1.54, 1.807) is 43.3 Å². The van der Waals surface area contributed by atoms with Gasteiger partial charge in [-0.3, -0.25) is 4.79 Å². The molecule has 2 N–H and O–H groups in total. The predicted octanol–water partition coefficient (Wildman–Crippen LogP) is 4.28. The number of hydrogen-bond acceptors (Lipinski definition) is 7. The number of anilines is 2. The van der Waals surface area contributed by atoms with E-state index in [2.05, 4.69) is 26.9 Å². The van der Waals surface area contributed by atoms with Crippen LogP contribution in [0, 0.1) is 17.1 Å². The summed E-state index contributed by atoms with van der Waals surface area (Å²) in [5, 5.41) is 23.4. The third-order valence-electron chi connectivity index (χ3n) is 3.72. The maximum atomic E-state index is 12.9. The largest absolute Gasteiger partial charge is 0.356 e. The number of aromatic nitrogens is 2. The first kappa shape index (κ1) is 19.8. The number of hydrogen-bond donors (Lipinski definition) is 2.